The van der Waals surface area contributed by atoms with Crippen LogP contribution in [0.2, 0.25) is 0 Å². The summed E-state index contributed by atoms with van der Waals surface area (Å²) in [7, 11) is 0. The molecule has 0 spiro atoms. The average molecular weight is 367 g/mol. The number of hydrogen-bond acceptors (Lipinski definition) is 1. The first-order valence-corrected chi connectivity index (χ1v) is 9.59. The number of hydrogen-bond donors (Lipinski definition) is 1. The van der Waals surface area contributed by atoms with Crippen LogP contribution >= 0.6 is 12.6 Å². The summed E-state index contributed by atoms with van der Waals surface area (Å²) in [6.45, 7) is 6.10. The third-order valence-electron chi connectivity index (χ3n) is 5.43. The van der Waals surface area contributed by atoms with E-state index in [1.807, 2.05) is 12.2 Å². The average Bonchev–Trinajstić information content (AvgIpc) is 2.96. The van der Waals surface area contributed by atoms with Gasteiger partial charge in [0.2, 0.25) is 0 Å². The second-order valence-corrected chi connectivity index (χ2v) is 7.36. The Bertz CT molecular complexity index is 1000. The first-order valence-electron chi connectivity index (χ1n) is 9.15. The van der Waals surface area contributed by atoms with Crippen LogP contribution in [0.25, 0.3) is 5.57 Å². The Kier molecular flexibility index (Phi) is 4.63. The lowest BCUT2D eigenvalue weighted by Gasteiger charge is -2.35. The second-order valence-electron chi connectivity index (χ2n) is 6.85. The molecule has 0 fully saturated rings. The van der Waals surface area contributed by atoms with Crippen LogP contribution in [0, 0.1) is 0 Å². The molecule has 0 unspecified atom stereocenters. The van der Waals surface area contributed by atoms with Crippen LogP contribution in [0.4, 0.5) is 0 Å². The topological polar surface area (TPSA) is 0 Å². The SMILES string of the molecule is C=C/C=C\C1=C(C)c2ccc(S)cc2C1(c1ccccc1)c1ccccc1. The molecule has 0 N–H and O–H groups in total. The fraction of sp³-hybridized carbons (Fsp3) is 0.0769. The molecular formula is C26H22S. The standard InChI is InChI=1S/C26H22S/c1-3-4-15-24-19(2)23-17-16-22(27)18-25(23)26(24,20-11-7-5-8-12-20)21-13-9-6-10-14-21/h3-18,27H,1H2,2H3/b15-4-. The van der Waals surface area contributed by atoms with E-state index in [9.17, 15) is 0 Å². The lowest BCUT2D eigenvalue weighted by Crippen LogP contribution is -2.29. The van der Waals surface area contributed by atoms with Crippen molar-refractivity contribution in [2.24, 2.45) is 0 Å². The molecule has 1 aliphatic carbocycles. The molecule has 0 nitrogen and oxygen atoms in total. The molecule has 3 aromatic rings. The predicted molar refractivity (Wildman–Crippen MR) is 118 cm³/mol. The Morgan fingerprint density at radius 2 is 1.44 bits per heavy atom. The summed E-state index contributed by atoms with van der Waals surface area (Å²) in [5.41, 5.74) is 7.31. The predicted octanol–water partition coefficient (Wildman–Crippen LogP) is 6.84. The molecule has 0 heterocycles. The highest BCUT2D eigenvalue weighted by Crippen LogP contribution is 2.55. The van der Waals surface area contributed by atoms with Crippen LogP contribution in [-0.2, 0) is 5.41 Å². The molecule has 1 heteroatoms. The number of benzene rings is 3. The minimum Gasteiger partial charge on any atom is -0.143 e. The van der Waals surface area contributed by atoms with Crippen molar-refractivity contribution >= 4 is 18.2 Å². The van der Waals surface area contributed by atoms with Crippen molar-refractivity contribution in [1.29, 1.82) is 0 Å². The Morgan fingerprint density at radius 1 is 0.852 bits per heavy atom. The summed E-state index contributed by atoms with van der Waals surface area (Å²) < 4.78 is 0. The van der Waals surface area contributed by atoms with E-state index in [0.717, 1.165) is 4.90 Å². The molecule has 0 aromatic heterocycles. The molecule has 0 atom stereocenters. The lowest BCUT2D eigenvalue weighted by molar-refractivity contribution is 0.758. The Hall–Kier alpha value is -2.77. The van der Waals surface area contributed by atoms with Crippen LogP contribution < -0.4 is 0 Å². The molecule has 27 heavy (non-hydrogen) atoms. The summed E-state index contributed by atoms with van der Waals surface area (Å²) in [6.07, 6.45) is 6.08. The van der Waals surface area contributed by atoms with E-state index in [1.165, 1.54) is 33.4 Å². The molecule has 0 aliphatic heterocycles. The number of allylic oxidation sites excluding steroid dienone is 5. The van der Waals surface area contributed by atoms with Crippen LogP contribution in [-0.4, -0.2) is 0 Å². The fourth-order valence-electron chi connectivity index (χ4n) is 4.32. The number of thiol groups is 1. The van der Waals surface area contributed by atoms with Gasteiger partial charge in [-0.15, -0.1) is 12.6 Å². The van der Waals surface area contributed by atoms with Gasteiger partial charge >= 0.3 is 0 Å². The number of rotatable bonds is 4. The van der Waals surface area contributed by atoms with Crippen molar-refractivity contribution in [3.05, 3.63) is 131 Å². The van der Waals surface area contributed by atoms with Gasteiger partial charge in [-0.3, -0.25) is 0 Å². The zero-order valence-corrected chi connectivity index (χ0v) is 16.3. The van der Waals surface area contributed by atoms with E-state index in [1.54, 1.807) is 0 Å². The van der Waals surface area contributed by atoms with Gasteiger partial charge in [-0.05, 0) is 52.5 Å². The molecule has 0 radical (unpaired) electrons. The molecule has 1 aliphatic rings. The van der Waals surface area contributed by atoms with Gasteiger partial charge < -0.3 is 0 Å². The summed E-state index contributed by atoms with van der Waals surface area (Å²) in [4.78, 5) is 0.978. The molecule has 0 bridgehead atoms. The minimum absolute atomic E-state index is 0.361. The summed E-state index contributed by atoms with van der Waals surface area (Å²) in [5, 5.41) is 0. The summed E-state index contributed by atoms with van der Waals surface area (Å²) >= 11 is 4.66. The van der Waals surface area contributed by atoms with E-state index < -0.39 is 0 Å². The minimum atomic E-state index is -0.361. The van der Waals surface area contributed by atoms with Gasteiger partial charge in [0.15, 0.2) is 0 Å². The highest BCUT2D eigenvalue weighted by Gasteiger charge is 2.45. The smallest absolute Gasteiger partial charge is 0.0710 e. The third-order valence-corrected chi connectivity index (χ3v) is 5.71. The molecule has 0 saturated carbocycles. The zero-order valence-electron chi connectivity index (χ0n) is 15.4. The largest absolute Gasteiger partial charge is 0.143 e. The van der Waals surface area contributed by atoms with Gasteiger partial charge in [0.05, 0.1) is 5.41 Å². The monoisotopic (exact) mass is 366 g/mol. The van der Waals surface area contributed by atoms with Crippen molar-refractivity contribution in [2.45, 2.75) is 17.2 Å². The van der Waals surface area contributed by atoms with Crippen molar-refractivity contribution in [3.8, 4) is 0 Å². The normalized spacial score (nSPS) is 15.2. The van der Waals surface area contributed by atoms with E-state index in [0.29, 0.717) is 0 Å². The van der Waals surface area contributed by atoms with Gasteiger partial charge in [-0.25, -0.2) is 0 Å². The molecule has 4 rings (SSSR count). The maximum absolute atomic E-state index is 4.66. The van der Waals surface area contributed by atoms with Crippen LogP contribution in [0.15, 0.2) is 114 Å². The molecule has 3 aromatic carbocycles. The molecular weight excluding hydrogens is 344 g/mol. The van der Waals surface area contributed by atoms with Crippen LogP contribution in [0.5, 0.6) is 0 Å². The highest BCUT2D eigenvalue weighted by atomic mass is 32.1. The van der Waals surface area contributed by atoms with E-state index in [4.69, 9.17) is 0 Å². The lowest BCUT2D eigenvalue weighted by atomic mass is 9.67. The van der Waals surface area contributed by atoms with Gasteiger partial charge in [0.25, 0.3) is 0 Å². The summed E-state index contributed by atoms with van der Waals surface area (Å²) in [6, 6.07) is 28.0. The Morgan fingerprint density at radius 3 is 2.00 bits per heavy atom. The van der Waals surface area contributed by atoms with Crippen LogP contribution in [0.1, 0.15) is 29.2 Å². The van der Waals surface area contributed by atoms with Crippen molar-refractivity contribution in [3.63, 3.8) is 0 Å². The van der Waals surface area contributed by atoms with E-state index >= 15 is 0 Å². The molecule has 132 valence electrons. The first kappa shape index (κ1) is 17.6. The molecule has 0 saturated heterocycles. The maximum Gasteiger partial charge on any atom is 0.0710 e. The quantitative estimate of drug-likeness (QED) is 0.379. The highest BCUT2D eigenvalue weighted by molar-refractivity contribution is 7.80. The van der Waals surface area contributed by atoms with Gasteiger partial charge in [0.1, 0.15) is 0 Å². The number of fused-ring (bicyclic) bond motifs is 1. The van der Waals surface area contributed by atoms with Crippen molar-refractivity contribution < 1.29 is 0 Å². The van der Waals surface area contributed by atoms with E-state index in [-0.39, 0.29) is 5.41 Å². The van der Waals surface area contributed by atoms with Gasteiger partial charge in [0, 0.05) is 4.90 Å². The molecule has 0 amide bonds. The van der Waals surface area contributed by atoms with Gasteiger partial charge in [-0.1, -0.05) is 91.5 Å². The zero-order chi connectivity index (χ0) is 18.9. The second kappa shape index (κ2) is 7.09. The van der Waals surface area contributed by atoms with Crippen LogP contribution in [0.3, 0.4) is 0 Å². The maximum atomic E-state index is 4.66. The Balaban J connectivity index is 2.17. The van der Waals surface area contributed by atoms with Crippen molar-refractivity contribution in [1.82, 2.24) is 0 Å². The fourth-order valence-corrected chi connectivity index (χ4v) is 4.52. The van der Waals surface area contributed by atoms with Crippen molar-refractivity contribution in [2.75, 3.05) is 0 Å². The van der Waals surface area contributed by atoms with Gasteiger partial charge in [-0.2, -0.15) is 0 Å². The van der Waals surface area contributed by atoms with E-state index in [2.05, 4.69) is 111 Å². The summed E-state index contributed by atoms with van der Waals surface area (Å²) in [5.74, 6) is 0. The third kappa shape index (κ3) is 2.70. The first-order chi connectivity index (χ1) is 13.2. The Labute approximate surface area is 167 Å².